The lowest BCUT2D eigenvalue weighted by Crippen LogP contribution is -1.96. The minimum Gasteiger partial charge on any atom is -0.255 e. The number of nitrogens with zero attached hydrogens (tertiary/aromatic N) is 4. The summed E-state index contributed by atoms with van der Waals surface area (Å²) in [5.74, 6) is 0.675. The van der Waals surface area contributed by atoms with Crippen LogP contribution in [0.25, 0.3) is 99.6 Å². The largest absolute Gasteiger partial charge is 0.255 e. The van der Waals surface area contributed by atoms with Crippen LogP contribution < -0.4 is 0 Å². The van der Waals surface area contributed by atoms with E-state index in [0.717, 1.165) is 56.1 Å². The molecule has 0 saturated carbocycles. The molecule has 0 amide bonds. The van der Waals surface area contributed by atoms with Gasteiger partial charge in [0.15, 0.2) is 5.82 Å². The van der Waals surface area contributed by atoms with Crippen LogP contribution in [0.2, 0.25) is 0 Å². The molecule has 3 aromatic heterocycles. The number of rotatable bonds is 5. The second-order valence-corrected chi connectivity index (χ2v) is 13.0. The first kappa shape index (κ1) is 29.8. The number of para-hydroxylation sites is 1. The Morgan fingerprint density at radius 1 is 0.308 bits per heavy atom. The Bertz CT molecular complexity index is 2860. The van der Waals surface area contributed by atoms with Crippen LogP contribution in [-0.4, -0.2) is 19.9 Å². The van der Waals surface area contributed by atoms with Gasteiger partial charge in [-0.25, -0.2) is 15.0 Å². The molecule has 7 aromatic carbocycles. The van der Waals surface area contributed by atoms with E-state index in [2.05, 4.69) is 126 Å². The van der Waals surface area contributed by atoms with E-state index in [-0.39, 0.29) is 0 Å². The van der Waals surface area contributed by atoms with Gasteiger partial charge < -0.3 is 0 Å². The lowest BCUT2D eigenvalue weighted by molar-refractivity contribution is 1.16. The Kier molecular flexibility index (Phi) is 7.10. The summed E-state index contributed by atoms with van der Waals surface area (Å²) in [6.07, 6.45) is 1.79. The van der Waals surface area contributed by atoms with Crippen molar-refractivity contribution in [1.29, 1.82) is 0 Å². The number of fused-ring (bicyclic) bond motifs is 8. The van der Waals surface area contributed by atoms with Gasteiger partial charge in [0.05, 0.1) is 28.3 Å². The molecule has 3 heterocycles. The van der Waals surface area contributed by atoms with Crippen molar-refractivity contribution in [3.05, 3.63) is 182 Å². The molecule has 4 nitrogen and oxygen atoms in total. The van der Waals surface area contributed by atoms with Gasteiger partial charge in [0.1, 0.15) is 0 Å². The van der Waals surface area contributed by atoms with Gasteiger partial charge in [-0.3, -0.25) is 4.98 Å². The second kappa shape index (κ2) is 12.4. The average Bonchev–Trinajstić information content (AvgIpc) is 3.24. The first-order chi connectivity index (χ1) is 25.8. The van der Waals surface area contributed by atoms with Gasteiger partial charge in [-0.15, -0.1) is 0 Å². The Morgan fingerprint density at radius 2 is 0.846 bits per heavy atom. The van der Waals surface area contributed by atoms with Crippen LogP contribution in [0.4, 0.5) is 0 Å². The van der Waals surface area contributed by atoms with Crippen LogP contribution in [0.5, 0.6) is 0 Å². The van der Waals surface area contributed by atoms with E-state index in [1.54, 1.807) is 6.20 Å². The molecule has 0 saturated heterocycles. The average molecular weight is 663 g/mol. The summed E-state index contributed by atoms with van der Waals surface area (Å²) in [5, 5.41) is 8.59. The Hall–Kier alpha value is -7.04. The Morgan fingerprint density at radius 3 is 1.52 bits per heavy atom. The highest BCUT2D eigenvalue weighted by Gasteiger charge is 2.17. The molecule has 0 aliphatic rings. The molecule has 0 radical (unpaired) electrons. The third-order valence-electron chi connectivity index (χ3n) is 9.93. The van der Waals surface area contributed by atoms with Gasteiger partial charge in [0.2, 0.25) is 0 Å². The van der Waals surface area contributed by atoms with Crippen molar-refractivity contribution in [1.82, 2.24) is 19.9 Å². The van der Waals surface area contributed by atoms with Crippen molar-refractivity contribution in [2.75, 3.05) is 0 Å². The Balaban J connectivity index is 1.06. The van der Waals surface area contributed by atoms with E-state index in [0.29, 0.717) is 5.82 Å². The highest BCUT2D eigenvalue weighted by atomic mass is 14.9. The van der Waals surface area contributed by atoms with Gasteiger partial charge in [-0.2, -0.15) is 0 Å². The maximum absolute atomic E-state index is 5.32. The van der Waals surface area contributed by atoms with Gasteiger partial charge >= 0.3 is 0 Å². The fourth-order valence-corrected chi connectivity index (χ4v) is 7.45. The van der Waals surface area contributed by atoms with Crippen molar-refractivity contribution in [2.45, 2.75) is 0 Å². The molecule has 0 spiro atoms. The zero-order chi connectivity index (χ0) is 34.4. The fourth-order valence-electron chi connectivity index (χ4n) is 7.45. The molecule has 10 rings (SSSR count). The standard InChI is InChI=1S/C48H30N4/c1-2-12-35(13-3-1)48-51-43(30-44(52-48)42-20-10-11-29-49-42)33-25-21-31(22-26-33)32-23-27-34(28-24-32)47-46-39-17-7-5-15-37(39)36-14-4-6-16-38(36)45(46)40-18-8-9-19-41(40)50-47/h1-30H. The number of pyridine rings is 2. The van der Waals surface area contributed by atoms with Crippen molar-refractivity contribution in [3.8, 4) is 56.4 Å². The predicted octanol–water partition coefficient (Wildman–Crippen LogP) is 12.2. The molecule has 0 unspecified atom stereocenters. The highest BCUT2D eigenvalue weighted by molar-refractivity contribution is 6.33. The van der Waals surface area contributed by atoms with Gasteiger partial charge in [-0.1, -0.05) is 152 Å². The van der Waals surface area contributed by atoms with E-state index in [4.69, 9.17) is 15.0 Å². The topological polar surface area (TPSA) is 51.6 Å². The number of hydrogen-bond donors (Lipinski definition) is 0. The molecule has 0 atom stereocenters. The molecule has 52 heavy (non-hydrogen) atoms. The molecule has 0 aliphatic heterocycles. The highest BCUT2D eigenvalue weighted by Crippen LogP contribution is 2.43. The third kappa shape index (κ3) is 5.09. The molecule has 0 fully saturated rings. The lowest BCUT2D eigenvalue weighted by Gasteiger charge is -2.16. The van der Waals surface area contributed by atoms with Crippen molar-refractivity contribution in [2.24, 2.45) is 0 Å². The van der Waals surface area contributed by atoms with E-state index in [1.165, 1.54) is 37.7 Å². The predicted molar refractivity (Wildman–Crippen MR) is 215 cm³/mol. The Labute approximate surface area is 300 Å². The number of benzene rings is 7. The number of aromatic nitrogens is 4. The zero-order valence-electron chi connectivity index (χ0n) is 28.1. The summed E-state index contributed by atoms with van der Waals surface area (Å²) in [5.41, 5.74) is 9.79. The summed E-state index contributed by atoms with van der Waals surface area (Å²) in [6.45, 7) is 0. The zero-order valence-corrected chi connectivity index (χ0v) is 28.1. The van der Waals surface area contributed by atoms with Crippen LogP contribution in [-0.2, 0) is 0 Å². The van der Waals surface area contributed by atoms with Gasteiger partial charge in [0, 0.05) is 39.0 Å². The normalized spacial score (nSPS) is 11.5. The smallest absolute Gasteiger partial charge is 0.160 e. The van der Waals surface area contributed by atoms with Crippen molar-refractivity contribution in [3.63, 3.8) is 0 Å². The van der Waals surface area contributed by atoms with Gasteiger partial charge in [0.25, 0.3) is 0 Å². The van der Waals surface area contributed by atoms with E-state index in [1.807, 2.05) is 54.6 Å². The monoisotopic (exact) mass is 662 g/mol. The molecule has 10 aromatic rings. The molecule has 4 heteroatoms. The lowest BCUT2D eigenvalue weighted by atomic mass is 9.89. The van der Waals surface area contributed by atoms with E-state index >= 15 is 0 Å². The molecular weight excluding hydrogens is 633 g/mol. The second-order valence-electron chi connectivity index (χ2n) is 13.0. The van der Waals surface area contributed by atoms with Crippen LogP contribution in [0.3, 0.4) is 0 Å². The van der Waals surface area contributed by atoms with Crippen LogP contribution in [0, 0.1) is 0 Å². The first-order valence-electron chi connectivity index (χ1n) is 17.5. The molecule has 0 N–H and O–H groups in total. The van der Waals surface area contributed by atoms with E-state index in [9.17, 15) is 0 Å². The molecular formula is C48H30N4. The molecule has 242 valence electrons. The summed E-state index contributed by atoms with van der Waals surface area (Å²) >= 11 is 0. The maximum atomic E-state index is 5.32. The van der Waals surface area contributed by atoms with Crippen molar-refractivity contribution < 1.29 is 0 Å². The van der Waals surface area contributed by atoms with Crippen LogP contribution >= 0.6 is 0 Å². The summed E-state index contributed by atoms with van der Waals surface area (Å²) in [4.78, 5) is 19.8. The fraction of sp³-hybridized carbons (Fsp3) is 0. The number of hydrogen-bond acceptors (Lipinski definition) is 4. The molecule has 0 bridgehead atoms. The minimum atomic E-state index is 0.675. The quantitative estimate of drug-likeness (QED) is 0.172. The first-order valence-corrected chi connectivity index (χ1v) is 17.5. The third-order valence-corrected chi connectivity index (χ3v) is 9.93. The summed E-state index contributed by atoms with van der Waals surface area (Å²) in [6, 6.07) is 61.4. The van der Waals surface area contributed by atoms with Crippen LogP contribution in [0.15, 0.2) is 182 Å². The summed E-state index contributed by atoms with van der Waals surface area (Å²) in [7, 11) is 0. The van der Waals surface area contributed by atoms with Crippen molar-refractivity contribution >= 4 is 43.2 Å². The molecule has 0 aliphatic carbocycles. The minimum absolute atomic E-state index is 0.675. The summed E-state index contributed by atoms with van der Waals surface area (Å²) < 4.78 is 0. The van der Waals surface area contributed by atoms with Gasteiger partial charge in [-0.05, 0) is 56.9 Å². The van der Waals surface area contributed by atoms with Crippen LogP contribution in [0.1, 0.15) is 0 Å². The van der Waals surface area contributed by atoms with E-state index < -0.39 is 0 Å². The SMILES string of the molecule is c1ccc(-c2nc(-c3ccc(-c4ccc(-c5nc6ccccc6c6c7ccccc7c7ccccc7c56)cc4)cc3)cc(-c3ccccn3)n2)cc1. The maximum Gasteiger partial charge on any atom is 0.160 e.